The molecule has 1 heterocycles. The van der Waals surface area contributed by atoms with Gasteiger partial charge in [-0.2, -0.15) is 0 Å². The molecule has 0 spiro atoms. The maximum absolute atomic E-state index is 6.43. The first-order valence-corrected chi connectivity index (χ1v) is 7.27. The molecule has 0 aliphatic heterocycles. The molecule has 0 amide bonds. The fourth-order valence-corrected chi connectivity index (χ4v) is 3.30. The van der Waals surface area contributed by atoms with Crippen molar-refractivity contribution in [1.29, 1.82) is 0 Å². The number of hydrogen-bond donors (Lipinski definition) is 0. The van der Waals surface area contributed by atoms with Crippen molar-refractivity contribution in [3.63, 3.8) is 0 Å². The van der Waals surface area contributed by atoms with Crippen LogP contribution in [-0.2, 0) is 0 Å². The van der Waals surface area contributed by atoms with Crippen LogP contribution in [0.25, 0.3) is 21.6 Å². The van der Waals surface area contributed by atoms with Crippen LogP contribution < -0.4 is 0 Å². The molecule has 0 fully saturated rings. The first-order valence-electron chi connectivity index (χ1n) is 6.08. The van der Waals surface area contributed by atoms with Crippen LogP contribution in [0.15, 0.2) is 72.8 Å². The standard InChI is InChI=1S/C17H12ClS/c18-17-15(13-7-3-1-4-8-13)11-12-16(19-17)14-9-5-2-6-10-14/h1-12H/q+1. The summed E-state index contributed by atoms with van der Waals surface area (Å²) < 4.78 is 0.826. The van der Waals surface area contributed by atoms with Crippen molar-refractivity contribution in [3.8, 4) is 21.6 Å². The Labute approximate surface area is 121 Å². The highest BCUT2D eigenvalue weighted by Crippen LogP contribution is 2.36. The highest BCUT2D eigenvalue weighted by molar-refractivity contribution is 7.19. The lowest BCUT2D eigenvalue weighted by Gasteiger charge is -1.99. The average molecular weight is 284 g/mol. The van der Waals surface area contributed by atoms with Gasteiger partial charge >= 0.3 is 4.34 Å². The fraction of sp³-hybridized carbons (Fsp3) is 0. The Bertz CT molecular complexity index is 678. The first kappa shape index (κ1) is 12.3. The van der Waals surface area contributed by atoms with Crippen molar-refractivity contribution >= 4 is 22.9 Å². The highest BCUT2D eigenvalue weighted by atomic mass is 35.5. The molecule has 3 aromatic rings. The molecule has 0 aliphatic rings. The summed E-state index contributed by atoms with van der Waals surface area (Å²) >= 11 is 8.05. The lowest BCUT2D eigenvalue weighted by molar-refractivity contribution is 1.65. The van der Waals surface area contributed by atoms with E-state index < -0.39 is 0 Å². The first-order chi connectivity index (χ1) is 9.34. The van der Waals surface area contributed by atoms with E-state index in [1.807, 2.05) is 36.4 Å². The molecule has 0 aliphatic carbocycles. The van der Waals surface area contributed by atoms with Crippen molar-refractivity contribution in [2.45, 2.75) is 0 Å². The number of halogens is 1. The van der Waals surface area contributed by atoms with Crippen LogP contribution in [-0.4, -0.2) is 0 Å². The Kier molecular flexibility index (Phi) is 3.58. The third-order valence-electron chi connectivity index (χ3n) is 2.96. The van der Waals surface area contributed by atoms with Gasteiger partial charge in [-0.25, -0.2) is 0 Å². The molecule has 0 bridgehead atoms. The van der Waals surface area contributed by atoms with E-state index in [1.165, 1.54) is 10.4 Å². The minimum absolute atomic E-state index is 0.826. The molecule has 0 saturated heterocycles. The summed E-state index contributed by atoms with van der Waals surface area (Å²) in [6.07, 6.45) is 0. The van der Waals surface area contributed by atoms with E-state index in [-0.39, 0.29) is 0 Å². The van der Waals surface area contributed by atoms with Crippen LogP contribution in [0.4, 0.5) is 0 Å². The van der Waals surface area contributed by atoms with Gasteiger partial charge in [0.15, 0.2) is 0 Å². The monoisotopic (exact) mass is 283 g/mol. The quantitative estimate of drug-likeness (QED) is 0.505. The second kappa shape index (κ2) is 5.52. The van der Waals surface area contributed by atoms with Gasteiger partial charge in [0.25, 0.3) is 0 Å². The molecule has 0 N–H and O–H groups in total. The molecule has 0 atom stereocenters. The van der Waals surface area contributed by atoms with Crippen molar-refractivity contribution in [1.82, 2.24) is 0 Å². The lowest BCUT2D eigenvalue weighted by Crippen LogP contribution is -1.79. The van der Waals surface area contributed by atoms with E-state index in [1.54, 1.807) is 11.3 Å². The van der Waals surface area contributed by atoms with E-state index in [0.717, 1.165) is 15.5 Å². The summed E-state index contributed by atoms with van der Waals surface area (Å²) in [7, 11) is 0. The van der Waals surface area contributed by atoms with E-state index in [9.17, 15) is 0 Å². The average Bonchev–Trinajstić information content (AvgIpc) is 2.49. The zero-order valence-electron chi connectivity index (χ0n) is 10.2. The smallest absolute Gasteiger partial charge is 0.0622 e. The van der Waals surface area contributed by atoms with Crippen LogP contribution in [0.2, 0.25) is 4.34 Å². The summed E-state index contributed by atoms with van der Waals surface area (Å²) in [4.78, 5) is 1.19. The zero-order chi connectivity index (χ0) is 13.1. The minimum atomic E-state index is 0.826. The number of rotatable bonds is 2. The molecular formula is C17H12ClS+. The second-order valence-electron chi connectivity index (χ2n) is 4.22. The third kappa shape index (κ3) is 2.67. The molecule has 2 aromatic carbocycles. The summed E-state index contributed by atoms with van der Waals surface area (Å²) in [5, 5.41) is 0. The molecule has 1 aromatic heterocycles. The molecule has 92 valence electrons. The Balaban J connectivity index is 2.04. The van der Waals surface area contributed by atoms with Crippen molar-refractivity contribution in [2.75, 3.05) is 0 Å². The van der Waals surface area contributed by atoms with E-state index in [2.05, 4.69) is 36.4 Å². The lowest BCUT2D eigenvalue weighted by atomic mass is 10.1. The van der Waals surface area contributed by atoms with E-state index >= 15 is 0 Å². The van der Waals surface area contributed by atoms with Crippen LogP contribution >= 0.6 is 22.9 Å². The third-order valence-corrected chi connectivity index (χ3v) is 4.38. The topological polar surface area (TPSA) is 0 Å². The van der Waals surface area contributed by atoms with Gasteiger partial charge in [0.1, 0.15) is 0 Å². The van der Waals surface area contributed by atoms with Crippen LogP contribution in [0.3, 0.4) is 0 Å². The Morgan fingerprint density at radius 3 is 1.79 bits per heavy atom. The van der Waals surface area contributed by atoms with Crippen LogP contribution in [0.5, 0.6) is 0 Å². The second-order valence-corrected chi connectivity index (χ2v) is 5.87. The summed E-state index contributed by atoms with van der Waals surface area (Å²) in [6, 6.07) is 24.8. The highest BCUT2D eigenvalue weighted by Gasteiger charge is 2.17. The molecule has 0 saturated carbocycles. The number of hydrogen-bond acceptors (Lipinski definition) is 0. The van der Waals surface area contributed by atoms with Gasteiger partial charge < -0.3 is 0 Å². The molecule has 2 heteroatoms. The SMILES string of the molecule is Clc1[s+]c(-c2ccccc2)ccc1-c1ccccc1. The minimum Gasteiger partial charge on any atom is -0.0622 e. The predicted molar refractivity (Wildman–Crippen MR) is 84.6 cm³/mol. The van der Waals surface area contributed by atoms with Crippen LogP contribution in [0.1, 0.15) is 0 Å². The maximum atomic E-state index is 6.43. The molecule has 0 nitrogen and oxygen atoms in total. The van der Waals surface area contributed by atoms with Crippen molar-refractivity contribution in [3.05, 3.63) is 77.1 Å². The van der Waals surface area contributed by atoms with Gasteiger partial charge in [-0.05, 0) is 35.4 Å². The predicted octanol–water partition coefficient (Wildman–Crippen LogP) is 6.02. The summed E-state index contributed by atoms with van der Waals surface area (Å²) in [5.74, 6) is 0. The Morgan fingerprint density at radius 1 is 0.632 bits per heavy atom. The molecule has 19 heavy (non-hydrogen) atoms. The van der Waals surface area contributed by atoms with E-state index in [4.69, 9.17) is 11.6 Å². The van der Waals surface area contributed by atoms with Crippen molar-refractivity contribution in [2.24, 2.45) is 0 Å². The van der Waals surface area contributed by atoms with Gasteiger partial charge in [-0.15, -0.1) is 0 Å². The summed E-state index contributed by atoms with van der Waals surface area (Å²) in [6.45, 7) is 0. The molecule has 0 radical (unpaired) electrons. The van der Waals surface area contributed by atoms with Gasteiger partial charge in [-0.3, -0.25) is 0 Å². The molecule has 0 unspecified atom stereocenters. The van der Waals surface area contributed by atoms with Crippen LogP contribution in [0, 0.1) is 0 Å². The Morgan fingerprint density at radius 2 is 1.21 bits per heavy atom. The summed E-state index contributed by atoms with van der Waals surface area (Å²) in [5.41, 5.74) is 3.45. The fourth-order valence-electron chi connectivity index (χ4n) is 2.00. The normalized spacial score (nSPS) is 10.4. The van der Waals surface area contributed by atoms with Gasteiger partial charge in [0, 0.05) is 11.6 Å². The van der Waals surface area contributed by atoms with Gasteiger partial charge in [-0.1, -0.05) is 48.5 Å². The largest absolute Gasteiger partial charge is 0.306 e. The van der Waals surface area contributed by atoms with Crippen molar-refractivity contribution < 1.29 is 0 Å². The number of benzene rings is 2. The zero-order valence-corrected chi connectivity index (χ0v) is 11.8. The molecular weight excluding hydrogens is 272 g/mol. The van der Waals surface area contributed by atoms with Gasteiger partial charge in [0.2, 0.25) is 16.2 Å². The Hall–Kier alpha value is -1.70. The van der Waals surface area contributed by atoms with E-state index in [0.29, 0.717) is 0 Å². The molecule has 3 rings (SSSR count). The maximum Gasteiger partial charge on any atom is 0.306 e. The van der Waals surface area contributed by atoms with Gasteiger partial charge in [0.05, 0.1) is 5.56 Å².